The molecule has 2 aromatic rings. The molecule has 3 heteroatoms. The molecule has 2 aromatic carbocycles. The van der Waals surface area contributed by atoms with E-state index < -0.39 is 0 Å². The zero-order valence-electron chi connectivity index (χ0n) is 15.3. The van der Waals surface area contributed by atoms with Crippen LogP contribution in [0.15, 0.2) is 60.7 Å². The molecule has 1 saturated heterocycles. The van der Waals surface area contributed by atoms with Crippen molar-refractivity contribution in [1.82, 2.24) is 4.90 Å². The minimum atomic E-state index is -0.114. The van der Waals surface area contributed by atoms with E-state index in [2.05, 4.69) is 65.6 Å². The van der Waals surface area contributed by atoms with E-state index in [4.69, 9.17) is 5.73 Å². The van der Waals surface area contributed by atoms with Gasteiger partial charge >= 0.3 is 0 Å². The van der Waals surface area contributed by atoms with Crippen LogP contribution in [0.1, 0.15) is 43.2 Å². The number of likely N-dealkylation sites (tertiary alicyclic amines) is 1. The molecule has 1 amide bonds. The predicted molar refractivity (Wildman–Crippen MR) is 105 cm³/mol. The zero-order chi connectivity index (χ0) is 18.0. The maximum atomic E-state index is 13.2. The fourth-order valence-corrected chi connectivity index (χ4v) is 4.89. The van der Waals surface area contributed by atoms with Crippen LogP contribution in [0.4, 0.5) is 0 Å². The van der Waals surface area contributed by atoms with Crippen LogP contribution in [0.25, 0.3) is 0 Å². The van der Waals surface area contributed by atoms with Gasteiger partial charge in [0, 0.05) is 30.5 Å². The highest BCUT2D eigenvalue weighted by atomic mass is 16.2. The van der Waals surface area contributed by atoms with Crippen molar-refractivity contribution in [3.8, 4) is 0 Å². The molecule has 1 saturated carbocycles. The number of nitrogens with two attached hydrogens (primary N) is 1. The summed E-state index contributed by atoms with van der Waals surface area (Å²) in [6, 6.07) is 21.6. The van der Waals surface area contributed by atoms with E-state index in [1.165, 1.54) is 11.1 Å². The molecule has 0 aromatic heterocycles. The number of carbonyl (C=O) groups excluding carboxylic acids is 1. The Kier molecular flexibility index (Phi) is 4.82. The summed E-state index contributed by atoms with van der Waals surface area (Å²) in [4.78, 5) is 15.3. The molecule has 1 aliphatic heterocycles. The second-order valence-electron chi connectivity index (χ2n) is 7.95. The van der Waals surface area contributed by atoms with Crippen molar-refractivity contribution in [3.05, 3.63) is 71.8 Å². The van der Waals surface area contributed by atoms with Gasteiger partial charge in [-0.15, -0.1) is 0 Å². The second kappa shape index (κ2) is 7.24. The number of benzene rings is 2. The van der Waals surface area contributed by atoms with Gasteiger partial charge in [0.15, 0.2) is 0 Å². The summed E-state index contributed by atoms with van der Waals surface area (Å²) < 4.78 is 0. The lowest BCUT2D eigenvalue weighted by Crippen LogP contribution is -2.50. The standard InChI is InChI=1S/C23H28N2O/c24-21-13-12-18(16-21)22(26)25-15-7-14-23(17-25,19-8-3-1-4-9-19)20-10-5-2-6-11-20/h1-6,8-11,18,21H,7,12-17,24H2/t18-,21+/m0/s1. The monoisotopic (exact) mass is 348 g/mol. The normalized spacial score (nSPS) is 25.2. The van der Waals surface area contributed by atoms with Gasteiger partial charge in [-0.1, -0.05) is 60.7 Å². The summed E-state index contributed by atoms with van der Waals surface area (Å²) in [6.45, 7) is 1.64. The van der Waals surface area contributed by atoms with Gasteiger partial charge in [0.2, 0.25) is 5.91 Å². The van der Waals surface area contributed by atoms with E-state index >= 15 is 0 Å². The number of piperidine rings is 1. The first-order valence-corrected chi connectivity index (χ1v) is 9.84. The van der Waals surface area contributed by atoms with Crippen LogP contribution < -0.4 is 5.73 Å². The lowest BCUT2D eigenvalue weighted by atomic mass is 9.69. The molecule has 2 aliphatic rings. The highest BCUT2D eigenvalue weighted by Crippen LogP contribution is 2.41. The van der Waals surface area contributed by atoms with E-state index in [-0.39, 0.29) is 17.4 Å². The van der Waals surface area contributed by atoms with Crippen molar-refractivity contribution in [3.63, 3.8) is 0 Å². The summed E-state index contributed by atoms with van der Waals surface area (Å²) in [5.74, 6) is 0.432. The first-order valence-electron chi connectivity index (χ1n) is 9.84. The molecule has 0 bridgehead atoms. The van der Waals surface area contributed by atoms with E-state index in [1.807, 2.05) is 0 Å². The van der Waals surface area contributed by atoms with Gasteiger partial charge in [-0.25, -0.2) is 0 Å². The second-order valence-corrected chi connectivity index (χ2v) is 7.95. The first kappa shape index (κ1) is 17.3. The lowest BCUT2D eigenvalue weighted by molar-refractivity contribution is -0.137. The summed E-state index contributed by atoms with van der Waals surface area (Å²) >= 11 is 0. The number of hydrogen-bond acceptors (Lipinski definition) is 2. The van der Waals surface area contributed by atoms with E-state index in [9.17, 15) is 4.79 Å². The van der Waals surface area contributed by atoms with Crippen LogP contribution in [-0.4, -0.2) is 29.9 Å². The number of rotatable bonds is 3. The molecule has 0 unspecified atom stereocenters. The molecule has 1 aliphatic carbocycles. The van der Waals surface area contributed by atoms with Crippen LogP contribution in [-0.2, 0) is 10.2 Å². The van der Waals surface area contributed by atoms with E-state index in [0.29, 0.717) is 5.91 Å². The molecular formula is C23H28N2O. The first-order chi connectivity index (χ1) is 12.7. The topological polar surface area (TPSA) is 46.3 Å². The van der Waals surface area contributed by atoms with Crippen molar-refractivity contribution in [1.29, 1.82) is 0 Å². The number of carbonyl (C=O) groups is 1. The molecule has 2 atom stereocenters. The highest BCUT2D eigenvalue weighted by molar-refractivity contribution is 5.79. The number of nitrogens with zero attached hydrogens (tertiary/aromatic N) is 1. The van der Waals surface area contributed by atoms with Gasteiger partial charge in [-0.2, -0.15) is 0 Å². The molecule has 136 valence electrons. The SMILES string of the molecule is N[C@@H]1CC[C@H](C(=O)N2CCCC(c3ccccc3)(c3ccccc3)C2)C1. The quantitative estimate of drug-likeness (QED) is 0.919. The van der Waals surface area contributed by atoms with E-state index in [1.54, 1.807) is 0 Å². The molecule has 1 heterocycles. The molecule has 2 N–H and O–H groups in total. The predicted octanol–water partition coefficient (Wildman–Crippen LogP) is 3.72. The smallest absolute Gasteiger partial charge is 0.225 e. The Hall–Kier alpha value is -2.13. The maximum absolute atomic E-state index is 13.2. The van der Waals surface area contributed by atoms with Crippen LogP contribution in [0.3, 0.4) is 0 Å². The van der Waals surface area contributed by atoms with Crippen molar-refractivity contribution in [2.24, 2.45) is 11.7 Å². The van der Waals surface area contributed by atoms with Crippen molar-refractivity contribution in [2.75, 3.05) is 13.1 Å². The average molecular weight is 348 g/mol. The molecule has 0 spiro atoms. The molecule has 3 nitrogen and oxygen atoms in total. The van der Waals surface area contributed by atoms with Crippen LogP contribution in [0.2, 0.25) is 0 Å². The Balaban J connectivity index is 1.67. The number of hydrogen-bond donors (Lipinski definition) is 1. The van der Waals surface area contributed by atoms with Gasteiger partial charge in [0.25, 0.3) is 0 Å². The Morgan fingerprint density at radius 1 is 0.962 bits per heavy atom. The Morgan fingerprint density at radius 3 is 2.12 bits per heavy atom. The summed E-state index contributed by atoms with van der Waals surface area (Å²) in [6.07, 6.45) is 4.88. The molecule has 4 rings (SSSR count). The van der Waals surface area contributed by atoms with Crippen LogP contribution >= 0.6 is 0 Å². The molecule has 2 fully saturated rings. The summed E-state index contributed by atoms with van der Waals surface area (Å²) in [5, 5.41) is 0. The van der Waals surface area contributed by atoms with Crippen molar-refractivity contribution < 1.29 is 4.79 Å². The van der Waals surface area contributed by atoms with Gasteiger partial charge in [0.1, 0.15) is 0 Å². The molecule has 0 radical (unpaired) electrons. The van der Waals surface area contributed by atoms with Gasteiger partial charge < -0.3 is 10.6 Å². The third-order valence-electron chi connectivity index (χ3n) is 6.28. The van der Waals surface area contributed by atoms with Crippen LogP contribution in [0, 0.1) is 5.92 Å². The maximum Gasteiger partial charge on any atom is 0.225 e. The summed E-state index contributed by atoms with van der Waals surface area (Å²) in [5.41, 5.74) is 8.57. The largest absolute Gasteiger partial charge is 0.341 e. The fraction of sp³-hybridized carbons (Fsp3) is 0.435. The average Bonchev–Trinajstić information content (AvgIpc) is 3.15. The number of amides is 1. The van der Waals surface area contributed by atoms with E-state index in [0.717, 1.165) is 45.2 Å². The minimum Gasteiger partial charge on any atom is -0.341 e. The fourth-order valence-electron chi connectivity index (χ4n) is 4.89. The third-order valence-corrected chi connectivity index (χ3v) is 6.28. The summed E-state index contributed by atoms with van der Waals surface area (Å²) in [7, 11) is 0. The Labute approximate surface area is 156 Å². The van der Waals surface area contributed by atoms with Gasteiger partial charge in [-0.3, -0.25) is 4.79 Å². The Morgan fingerprint density at radius 2 is 1.58 bits per heavy atom. The zero-order valence-corrected chi connectivity index (χ0v) is 15.3. The lowest BCUT2D eigenvalue weighted by Gasteiger charge is -2.44. The molecular weight excluding hydrogens is 320 g/mol. The Bertz CT molecular complexity index is 704. The minimum absolute atomic E-state index is 0.114. The molecule has 26 heavy (non-hydrogen) atoms. The van der Waals surface area contributed by atoms with Crippen molar-refractivity contribution in [2.45, 2.75) is 43.6 Å². The van der Waals surface area contributed by atoms with Gasteiger partial charge in [0.05, 0.1) is 0 Å². The third kappa shape index (κ3) is 3.16. The highest BCUT2D eigenvalue weighted by Gasteiger charge is 2.42. The van der Waals surface area contributed by atoms with Crippen molar-refractivity contribution >= 4 is 5.91 Å². The van der Waals surface area contributed by atoms with Gasteiger partial charge in [-0.05, 0) is 43.2 Å². The van der Waals surface area contributed by atoms with Crippen LogP contribution in [0.5, 0.6) is 0 Å².